The largest absolute Gasteiger partial charge is 0.478 e. The molecule has 0 fully saturated rings. The number of nitrogens with zero attached hydrogens (tertiary/aromatic N) is 5. The molecule has 3 heterocycles. The Labute approximate surface area is 179 Å². The molecule has 2 aromatic heterocycles. The Morgan fingerprint density at radius 1 is 1.19 bits per heavy atom. The molecule has 0 spiro atoms. The van der Waals surface area contributed by atoms with Gasteiger partial charge in [-0.1, -0.05) is 29.5 Å². The molecule has 2 N–H and O–H groups in total. The van der Waals surface area contributed by atoms with Crippen LogP contribution in [-0.4, -0.2) is 35.9 Å². The maximum absolute atomic E-state index is 11.7. The molecule has 0 saturated heterocycles. The summed E-state index contributed by atoms with van der Waals surface area (Å²) in [5.74, 6) is -0.950. The third-order valence-electron chi connectivity index (χ3n) is 5.74. The molecular weight excluding hydrogens is 392 g/mol. The van der Waals surface area contributed by atoms with Crippen LogP contribution in [0.4, 0.5) is 5.69 Å². The van der Waals surface area contributed by atoms with Crippen molar-refractivity contribution in [3.05, 3.63) is 71.7 Å². The first-order valence-electron chi connectivity index (χ1n) is 10.1. The van der Waals surface area contributed by atoms with E-state index < -0.39 is 5.97 Å². The fraction of sp³-hybridized carbons (Fsp3) is 0.217. The van der Waals surface area contributed by atoms with Crippen molar-refractivity contribution in [2.75, 3.05) is 5.32 Å². The number of hydrogen-bond donors (Lipinski definition) is 2. The zero-order chi connectivity index (χ0) is 21.5. The molecular formula is C23H22N6O2. The maximum Gasteiger partial charge on any atom is 0.337 e. The Morgan fingerprint density at radius 2 is 2.03 bits per heavy atom. The van der Waals surface area contributed by atoms with Gasteiger partial charge >= 0.3 is 5.97 Å². The molecule has 0 bridgehead atoms. The van der Waals surface area contributed by atoms with Crippen LogP contribution in [0, 0.1) is 6.92 Å². The summed E-state index contributed by atoms with van der Waals surface area (Å²) in [6.07, 6.45) is 4.57. The molecule has 1 aliphatic heterocycles. The zero-order valence-corrected chi connectivity index (χ0v) is 17.3. The van der Waals surface area contributed by atoms with Gasteiger partial charge in [0.1, 0.15) is 0 Å². The third kappa shape index (κ3) is 3.35. The summed E-state index contributed by atoms with van der Waals surface area (Å²) in [5.41, 5.74) is 6.97. The van der Waals surface area contributed by atoms with Gasteiger partial charge in [-0.25, -0.2) is 9.48 Å². The van der Waals surface area contributed by atoms with Crippen molar-refractivity contribution in [2.24, 2.45) is 7.05 Å². The number of para-hydroxylation sites is 1. The smallest absolute Gasteiger partial charge is 0.337 e. The van der Waals surface area contributed by atoms with E-state index in [-0.39, 0.29) is 11.6 Å². The highest BCUT2D eigenvalue weighted by molar-refractivity contribution is 5.94. The maximum atomic E-state index is 11.7. The van der Waals surface area contributed by atoms with E-state index >= 15 is 0 Å². The predicted octanol–water partition coefficient (Wildman–Crippen LogP) is 3.91. The second-order valence-corrected chi connectivity index (χ2v) is 7.79. The lowest BCUT2D eigenvalue weighted by atomic mass is 9.92. The second kappa shape index (κ2) is 7.39. The molecule has 0 aliphatic carbocycles. The monoisotopic (exact) mass is 414 g/mol. The summed E-state index contributed by atoms with van der Waals surface area (Å²) >= 11 is 0. The summed E-state index contributed by atoms with van der Waals surface area (Å²) in [6.45, 7) is 2.64. The predicted molar refractivity (Wildman–Crippen MR) is 117 cm³/mol. The van der Waals surface area contributed by atoms with Gasteiger partial charge in [-0.15, -0.1) is 5.10 Å². The van der Waals surface area contributed by atoms with Gasteiger partial charge in [-0.05, 0) is 42.7 Å². The van der Waals surface area contributed by atoms with E-state index in [2.05, 4.69) is 38.9 Å². The molecule has 4 aromatic rings. The Hall–Kier alpha value is -3.94. The second-order valence-electron chi connectivity index (χ2n) is 7.79. The van der Waals surface area contributed by atoms with Crippen molar-refractivity contribution >= 4 is 11.7 Å². The summed E-state index contributed by atoms with van der Waals surface area (Å²) in [4.78, 5) is 11.7. The van der Waals surface area contributed by atoms with E-state index in [1.54, 1.807) is 16.8 Å². The summed E-state index contributed by atoms with van der Waals surface area (Å²) in [6, 6.07) is 13.3. The van der Waals surface area contributed by atoms with E-state index in [0.717, 1.165) is 40.1 Å². The topological polar surface area (TPSA) is 97.9 Å². The number of nitrogens with one attached hydrogen (secondary N) is 1. The van der Waals surface area contributed by atoms with Crippen LogP contribution in [0.25, 0.3) is 22.4 Å². The Bertz CT molecular complexity index is 1290. The molecule has 8 nitrogen and oxygen atoms in total. The number of anilines is 1. The molecule has 1 atom stereocenters. The van der Waals surface area contributed by atoms with Crippen molar-refractivity contribution in [3.63, 3.8) is 0 Å². The van der Waals surface area contributed by atoms with Gasteiger partial charge < -0.3 is 10.4 Å². The van der Waals surface area contributed by atoms with E-state index in [4.69, 9.17) is 0 Å². The van der Waals surface area contributed by atoms with Gasteiger partial charge in [0.25, 0.3) is 0 Å². The van der Waals surface area contributed by atoms with Crippen LogP contribution in [0.1, 0.15) is 34.1 Å². The number of rotatable bonds is 4. The summed E-state index contributed by atoms with van der Waals surface area (Å²) < 4.78 is 3.71. The minimum absolute atomic E-state index is 0.0896. The minimum atomic E-state index is -0.950. The number of carboxylic acids is 1. The highest BCUT2D eigenvalue weighted by atomic mass is 16.4. The van der Waals surface area contributed by atoms with Gasteiger partial charge in [0.2, 0.25) is 0 Å². The Morgan fingerprint density at radius 3 is 2.81 bits per heavy atom. The average Bonchev–Trinajstić information content (AvgIpc) is 3.32. The number of carbonyl (C=O) groups is 1. The number of aromatic carboxylic acids is 1. The third-order valence-corrected chi connectivity index (χ3v) is 5.74. The van der Waals surface area contributed by atoms with Crippen LogP contribution in [0.2, 0.25) is 0 Å². The van der Waals surface area contributed by atoms with Crippen LogP contribution in [-0.2, 0) is 13.6 Å². The molecule has 5 rings (SSSR count). The lowest BCUT2D eigenvalue weighted by molar-refractivity contribution is 0.0698. The molecule has 31 heavy (non-hydrogen) atoms. The summed E-state index contributed by atoms with van der Waals surface area (Å²) in [7, 11) is 1.90. The average molecular weight is 414 g/mol. The van der Waals surface area contributed by atoms with Crippen molar-refractivity contribution in [2.45, 2.75) is 25.9 Å². The number of hydrogen-bond acceptors (Lipinski definition) is 5. The molecule has 0 saturated carbocycles. The standard InChI is InChI=1S/C23H22N6O2/c1-14-22-17-8-7-15(16-12-24-28(2)13-16)11-19(17)21(9-10-29(22)27-26-14)25-20-6-4-3-5-18(20)23(30)31/h3-8,11-13,21,25H,9-10H2,1-2H3,(H,30,31). The minimum Gasteiger partial charge on any atom is -0.478 e. The lowest BCUT2D eigenvalue weighted by Crippen LogP contribution is -2.15. The summed E-state index contributed by atoms with van der Waals surface area (Å²) in [5, 5.41) is 26.0. The fourth-order valence-electron chi connectivity index (χ4n) is 4.25. The first-order chi connectivity index (χ1) is 15.0. The van der Waals surface area contributed by atoms with E-state index in [0.29, 0.717) is 12.2 Å². The van der Waals surface area contributed by atoms with Gasteiger partial charge in [0.05, 0.1) is 29.2 Å². The molecule has 156 valence electrons. The van der Waals surface area contributed by atoms with Crippen LogP contribution < -0.4 is 5.32 Å². The molecule has 1 unspecified atom stereocenters. The first kappa shape index (κ1) is 19.0. The van der Waals surface area contributed by atoms with Crippen LogP contribution >= 0.6 is 0 Å². The number of fused-ring (bicyclic) bond motifs is 3. The number of aromatic nitrogens is 5. The van der Waals surface area contributed by atoms with Gasteiger partial charge in [-0.2, -0.15) is 5.10 Å². The number of benzene rings is 2. The molecule has 8 heteroatoms. The Kier molecular flexibility index (Phi) is 4.54. The first-order valence-corrected chi connectivity index (χ1v) is 10.1. The number of aryl methyl sites for hydroxylation is 3. The molecule has 0 amide bonds. The quantitative estimate of drug-likeness (QED) is 0.525. The SMILES string of the molecule is Cc1nnn2c1-c1ccc(-c3cnn(C)c3)cc1C(Nc1ccccc1C(=O)O)CC2. The molecule has 0 radical (unpaired) electrons. The molecule has 1 aliphatic rings. The van der Waals surface area contributed by atoms with Crippen LogP contribution in [0.3, 0.4) is 0 Å². The van der Waals surface area contributed by atoms with E-state index in [9.17, 15) is 9.90 Å². The van der Waals surface area contributed by atoms with Gasteiger partial charge in [0, 0.05) is 36.6 Å². The highest BCUT2D eigenvalue weighted by Gasteiger charge is 2.26. The van der Waals surface area contributed by atoms with Gasteiger partial charge in [-0.3, -0.25) is 4.68 Å². The van der Waals surface area contributed by atoms with Crippen LogP contribution in [0.15, 0.2) is 54.9 Å². The van der Waals surface area contributed by atoms with Crippen molar-refractivity contribution in [3.8, 4) is 22.4 Å². The Balaban J connectivity index is 1.64. The van der Waals surface area contributed by atoms with Crippen LogP contribution in [0.5, 0.6) is 0 Å². The fourth-order valence-corrected chi connectivity index (χ4v) is 4.25. The van der Waals surface area contributed by atoms with E-state index in [1.807, 2.05) is 43.2 Å². The van der Waals surface area contributed by atoms with Gasteiger partial charge in [0.15, 0.2) is 0 Å². The zero-order valence-electron chi connectivity index (χ0n) is 17.3. The highest BCUT2D eigenvalue weighted by Crippen LogP contribution is 2.39. The van der Waals surface area contributed by atoms with Crippen molar-refractivity contribution < 1.29 is 9.90 Å². The van der Waals surface area contributed by atoms with E-state index in [1.165, 1.54) is 0 Å². The van der Waals surface area contributed by atoms with Crippen molar-refractivity contribution in [1.82, 2.24) is 24.8 Å². The lowest BCUT2D eigenvalue weighted by Gasteiger charge is -2.22. The van der Waals surface area contributed by atoms with Crippen molar-refractivity contribution in [1.29, 1.82) is 0 Å². The normalized spacial score (nSPS) is 15.1. The number of carboxylic acid groups (broad SMARTS) is 1. The molecule has 2 aromatic carbocycles.